The van der Waals surface area contributed by atoms with Gasteiger partial charge in [0, 0.05) is 26.2 Å². The Kier molecular flexibility index (Phi) is 4.56. The molecule has 4 rings (SSSR count). The molecule has 0 unspecified atom stereocenters. The van der Waals surface area contributed by atoms with Crippen LogP contribution in [0.1, 0.15) is 24.2 Å². The Hall–Kier alpha value is -2.53. The maximum Gasteiger partial charge on any atom is 0.257 e. The maximum atomic E-state index is 13.0. The second kappa shape index (κ2) is 6.89. The van der Waals surface area contributed by atoms with E-state index < -0.39 is 0 Å². The van der Waals surface area contributed by atoms with E-state index in [1.54, 1.807) is 7.11 Å². The quantitative estimate of drug-likeness (QED) is 0.836. The van der Waals surface area contributed by atoms with Crippen molar-refractivity contribution in [3.63, 3.8) is 0 Å². The van der Waals surface area contributed by atoms with Gasteiger partial charge in [-0.05, 0) is 49.2 Å². The van der Waals surface area contributed by atoms with Crippen molar-refractivity contribution in [1.82, 2.24) is 9.80 Å². The predicted molar refractivity (Wildman–Crippen MR) is 105 cm³/mol. The van der Waals surface area contributed by atoms with Crippen molar-refractivity contribution in [2.24, 2.45) is 0 Å². The van der Waals surface area contributed by atoms with E-state index in [-0.39, 0.29) is 18.1 Å². The van der Waals surface area contributed by atoms with Crippen LogP contribution in [0.25, 0.3) is 11.1 Å². The van der Waals surface area contributed by atoms with Gasteiger partial charge in [0.05, 0.1) is 18.7 Å². The summed E-state index contributed by atoms with van der Waals surface area (Å²) >= 11 is 0. The lowest BCUT2D eigenvalue weighted by atomic mass is 10.0. The molecule has 27 heavy (non-hydrogen) atoms. The molecule has 2 heterocycles. The van der Waals surface area contributed by atoms with Crippen molar-refractivity contribution in [2.45, 2.75) is 32.0 Å². The van der Waals surface area contributed by atoms with Gasteiger partial charge in [0.15, 0.2) is 0 Å². The third-order valence-electron chi connectivity index (χ3n) is 5.71. The van der Waals surface area contributed by atoms with Crippen LogP contribution in [-0.4, -0.2) is 61.1 Å². The molecule has 1 fully saturated rings. The summed E-state index contributed by atoms with van der Waals surface area (Å²) in [6.07, 6.45) is -0.0110. The number of carbonyl (C=O) groups is 1. The third kappa shape index (κ3) is 3.16. The van der Waals surface area contributed by atoms with Gasteiger partial charge in [0.25, 0.3) is 5.91 Å². The number of likely N-dealkylation sites (tertiary alicyclic amines) is 1. The van der Waals surface area contributed by atoms with Crippen molar-refractivity contribution in [1.29, 1.82) is 0 Å². The normalized spacial score (nSPS) is 22.3. The lowest BCUT2D eigenvalue weighted by molar-refractivity contribution is 0.0681. The van der Waals surface area contributed by atoms with Gasteiger partial charge < -0.3 is 14.4 Å². The number of methoxy groups -OCH3 is 1. The summed E-state index contributed by atoms with van der Waals surface area (Å²) in [5.74, 6) is 1.51. The van der Waals surface area contributed by atoms with Gasteiger partial charge in [-0.1, -0.05) is 18.2 Å². The fourth-order valence-electron chi connectivity index (χ4n) is 3.98. The van der Waals surface area contributed by atoms with Crippen LogP contribution >= 0.6 is 0 Å². The highest BCUT2D eigenvalue weighted by Crippen LogP contribution is 2.35. The number of fused-ring (bicyclic) bond motifs is 2. The first-order chi connectivity index (χ1) is 13.0. The molecule has 2 aromatic carbocycles. The lowest BCUT2D eigenvalue weighted by Gasteiger charge is -2.25. The second-order valence-corrected chi connectivity index (χ2v) is 7.63. The van der Waals surface area contributed by atoms with Crippen molar-refractivity contribution < 1.29 is 14.3 Å². The molecule has 5 heteroatoms. The largest absolute Gasteiger partial charge is 0.497 e. The Bertz CT molecular complexity index is 864. The van der Waals surface area contributed by atoms with Crippen LogP contribution < -0.4 is 9.47 Å². The number of benzene rings is 2. The Morgan fingerprint density at radius 2 is 1.89 bits per heavy atom. The highest BCUT2D eigenvalue weighted by atomic mass is 16.5. The average Bonchev–Trinajstić information content (AvgIpc) is 3.07. The van der Waals surface area contributed by atoms with Gasteiger partial charge in [-0.2, -0.15) is 0 Å². The minimum absolute atomic E-state index is 0.0110. The van der Waals surface area contributed by atoms with Gasteiger partial charge in [0.2, 0.25) is 0 Å². The summed E-state index contributed by atoms with van der Waals surface area (Å²) in [6, 6.07) is 14.3. The Morgan fingerprint density at radius 3 is 2.63 bits per heavy atom. The SMILES string of the molecule is COc1cccc(-c2ccc3c(c2)O[C@H]2CN(C(C)C)C[C@H]2N(C)C3=O)c1. The summed E-state index contributed by atoms with van der Waals surface area (Å²) in [7, 11) is 3.55. The van der Waals surface area contributed by atoms with Gasteiger partial charge in [0.1, 0.15) is 17.6 Å². The zero-order valence-corrected chi connectivity index (χ0v) is 16.3. The minimum atomic E-state index is -0.0110. The first-order valence-corrected chi connectivity index (χ1v) is 9.44. The van der Waals surface area contributed by atoms with Gasteiger partial charge >= 0.3 is 0 Å². The van der Waals surface area contributed by atoms with Crippen molar-refractivity contribution in [2.75, 3.05) is 27.2 Å². The number of likely N-dealkylation sites (N-methyl/N-ethyl adjacent to an activating group) is 1. The maximum absolute atomic E-state index is 13.0. The number of rotatable bonds is 3. The average molecular weight is 366 g/mol. The van der Waals surface area contributed by atoms with Crippen LogP contribution in [0.3, 0.4) is 0 Å². The van der Waals surface area contributed by atoms with E-state index in [2.05, 4.69) is 18.7 Å². The molecular formula is C22H26N2O3. The van der Waals surface area contributed by atoms with Crippen LogP contribution in [0, 0.1) is 0 Å². The molecular weight excluding hydrogens is 340 g/mol. The van der Waals surface area contributed by atoms with Crippen LogP contribution in [0.15, 0.2) is 42.5 Å². The van der Waals surface area contributed by atoms with Gasteiger partial charge in [-0.3, -0.25) is 9.69 Å². The Labute approximate surface area is 160 Å². The summed E-state index contributed by atoms with van der Waals surface area (Å²) in [4.78, 5) is 17.2. The molecule has 0 spiro atoms. The van der Waals surface area contributed by atoms with E-state index in [1.807, 2.05) is 54.4 Å². The summed E-state index contributed by atoms with van der Waals surface area (Å²) in [5.41, 5.74) is 2.69. The van der Waals surface area contributed by atoms with E-state index in [0.717, 1.165) is 30.0 Å². The topological polar surface area (TPSA) is 42.0 Å². The fraction of sp³-hybridized carbons (Fsp3) is 0.409. The summed E-state index contributed by atoms with van der Waals surface area (Å²) < 4.78 is 11.7. The lowest BCUT2D eigenvalue weighted by Crippen LogP contribution is -2.44. The number of amides is 1. The number of hydrogen-bond donors (Lipinski definition) is 0. The van der Waals surface area contributed by atoms with E-state index in [4.69, 9.17) is 9.47 Å². The molecule has 0 N–H and O–H groups in total. The van der Waals surface area contributed by atoms with Crippen LogP contribution in [0.5, 0.6) is 11.5 Å². The highest BCUT2D eigenvalue weighted by molar-refractivity contribution is 5.98. The molecule has 2 aliphatic heterocycles. The fourth-order valence-corrected chi connectivity index (χ4v) is 3.98. The van der Waals surface area contributed by atoms with Gasteiger partial charge in [-0.15, -0.1) is 0 Å². The highest BCUT2D eigenvalue weighted by Gasteiger charge is 2.42. The molecule has 142 valence electrons. The van der Waals surface area contributed by atoms with Crippen LogP contribution in [-0.2, 0) is 0 Å². The first-order valence-electron chi connectivity index (χ1n) is 9.44. The van der Waals surface area contributed by atoms with E-state index in [9.17, 15) is 4.79 Å². The third-order valence-corrected chi connectivity index (χ3v) is 5.71. The summed E-state index contributed by atoms with van der Waals surface area (Å²) in [6.45, 7) is 6.05. The molecule has 5 nitrogen and oxygen atoms in total. The zero-order chi connectivity index (χ0) is 19.1. The standard InChI is InChI=1S/C22H26N2O3/c1-14(2)24-12-19-21(13-24)27-20-11-16(8-9-18(20)22(25)23(19)3)15-6-5-7-17(10-15)26-4/h5-11,14,19,21H,12-13H2,1-4H3/t19-,21+/m1/s1. The van der Waals surface area contributed by atoms with Crippen molar-refractivity contribution >= 4 is 5.91 Å². The molecule has 2 aliphatic rings. The van der Waals surface area contributed by atoms with Crippen LogP contribution in [0.2, 0.25) is 0 Å². The molecule has 0 bridgehead atoms. The van der Waals surface area contributed by atoms with E-state index in [1.165, 1.54) is 0 Å². The number of hydrogen-bond acceptors (Lipinski definition) is 4. The second-order valence-electron chi connectivity index (χ2n) is 7.63. The minimum Gasteiger partial charge on any atom is -0.497 e. The molecule has 2 aromatic rings. The first kappa shape index (κ1) is 17.9. The molecule has 0 aromatic heterocycles. The van der Waals surface area contributed by atoms with E-state index >= 15 is 0 Å². The predicted octanol–water partition coefficient (Wildman–Crippen LogP) is 3.29. The van der Waals surface area contributed by atoms with Crippen molar-refractivity contribution in [3.8, 4) is 22.6 Å². The molecule has 1 amide bonds. The monoisotopic (exact) mass is 366 g/mol. The number of ether oxygens (including phenoxy) is 2. The van der Waals surface area contributed by atoms with Crippen molar-refractivity contribution in [3.05, 3.63) is 48.0 Å². The van der Waals surface area contributed by atoms with Crippen LogP contribution in [0.4, 0.5) is 0 Å². The molecule has 0 radical (unpaired) electrons. The Morgan fingerprint density at radius 1 is 1.11 bits per heavy atom. The zero-order valence-electron chi connectivity index (χ0n) is 16.3. The Balaban J connectivity index is 1.71. The summed E-state index contributed by atoms with van der Waals surface area (Å²) in [5, 5.41) is 0. The molecule has 1 saturated heterocycles. The molecule has 0 saturated carbocycles. The van der Waals surface area contributed by atoms with E-state index in [0.29, 0.717) is 17.4 Å². The van der Waals surface area contributed by atoms with Gasteiger partial charge in [-0.25, -0.2) is 0 Å². The molecule has 0 aliphatic carbocycles. The number of carbonyl (C=O) groups excluding carboxylic acids is 1. The molecule has 2 atom stereocenters. The smallest absolute Gasteiger partial charge is 0.257 e. The number of nitrogens with zero attached hydrogens (tertiary/aromatic N) is 2.